The van der Waals surface area contributed by atoms with Gasteiger partial charge in [0, 0.05) is 6.42 Å². The van der Waals surface area contributed by atoms with Crippen LogP contribution in [-0.2, 0) is 11.2 Å². The molecule has 0 bridgehead atoms. The van der Waals surface area contributed by atoms with E-state index >= 15 is 0 Å². The van der Waals surface area contributed by atoms with Gasteiger partial charge in [0.2, 0.25) is 4.77 Å². The Morgan fingerprint density at radius 2 is 2.38 bits per heavy atom. The van der Waals surface area contributed by atoms with E-state index < -0.39 is 11.5 Å². The van der Waals surface area contributed by atoms with Gasteiger partial charge in [-0.05, 0) is 31.3 Å². The van der Waals surface area contributed by atoms with Crippen LogP contribution in [0.15, 0.2) is 26.4 Å². The molecule has 0 unspecified atom stereocenters. The van der Waals surface area contributed by atoms with Crippen LogP contribution < -0.4 is 5.56 Å². The highest BCUT2D eigenvalue weighted by Crippen LogP contribution is 2.03. The average Bonchev–Trinajstić information content (AvgIpc) is 2.83. The van der Waals surface area contributed by atoms with Crippen molar-refractivity contribution in [1.82, 2.24) is 14.9 Å². The van der Waals surface area contributed by atoms with Crippen LogP contribution in [0.5, 0.6) is 0 Å². The molecule has 2 N–H and O–H groups in total. The van der Waals surface area contributed by atoms with E-state index in [1.54, 1.807) is 19.1 Å². The van der Waals surface area contributed by atoms with E-state index in [9.17, 15) is 9.59 Å². The molecule has 0 saturated heterocycles. The fourth-order valence-electron chi connectivity index (χ4n) is 1.56. The quantitative estimate of drug-likeness (QED) is 0.631. The summed E-state index contributed by atoms with van der Waals surface area (Å²) in [5.41, 5.74) is -0.502. The molecule has 0 aliphatic carbocycles. The zero-order chi connectivity index (χ0) is 15.4. The standard InChI is InChI=1S/C12H12N4O4S/c1-7-2-3-8(20-7)6-13-16-11(19)9(4-5-10(17)18)14-15-12(16)21/h2-3,6H,4-5H2,1H3,(H,15,21)(H,17,18)/b13-6-. The van der Waals surface area contributed by atoms with E-state index in [4.69, 9.17) is 21.7 Å². The van der Waals surface area contributed by atoms with Crippen molar-refractivity contribution < 1.29 is 14.3 Å². The minimum atomic E-state index is -1.01. The van der Waals surface area contributed by atoms with Gasteiger partial charge in [0.25, 0.3) is 5.56 Å². The molecule has 2 aromatic heterocycles. The normalized spacial score (nSPS) is 11.1. The maximum atomic E-state index is 12.1. The van der Waals surface area contributed by atoms with E-state index in [-0.39, 0.29) is 23.3 Å². The fraction of sp³-hybridized carbons (Fsp3) is 0.250. The van der Waals surface area contributed by atoms with E-state index in [1.165, 1.54) is 6.21 Å². The zero-order valence-electron chi connectivity index (χ0n) is 11.1. The number of H-pyrrole nitrogens is 1. The molecule has 2 aromatic rings. The molecule has 110 valence electrons. The second-order valence-electron chi connectivity index (χ2n) is 4.18. The smallest absolute Gasteiger partial charge is 0.303 e. The molecule has 0 atom stereocenters. The summed E-state index contributed by atoms with van der Waals surface area (Å²) in [7, 11) is 0. The highest BCUT2D eigenvalue weighted by molar-refractivity contribution is 7.71. The van der Waals surface area contributed by atoms with Gasteiger partial charge < -0.3 is 9.52 Å². The minimum absolute atomic E-state index is 0.00431. The van der Waals surface area contributed by atoms with Gasteiger partial charge in [-0.1, -0.05) is 0 Å². The number of hydrogen-bond acceptors (Lipinski definition) is 6. The Morgan fingerprint density at radius 3 is 3.00 bits per heavy atom. The van der Waals surface area contributed by atoms with Gasteiger partial charge in [-0.25, -0.2) is 0 Å². The number of aromatic nitrogens is 3. The number of carboxylic acid groups (broad SMARTS) is 1. The summed E-state index contributed by atoms with van der Waals surface area (Å²) >= 11 is 4.94. The molecule has 0 fully saturated rings. The molecule has 0 aromatic carbocycles. The van der Waals surface area contributed by atoms with Crippen molar-refractivity contribution in [3.8, 4) is 0 Å². The molecular formula is C12H12N4O4S. The summed E-state index contributed by atoms with van der Waals surface area (Å²) in [6, 6.07) is 3.46. The van der Waals surface area contributed by atoms with Crippen LogP contribution in [0.1, 0.15) is 23.6 Å². The van der Waals surface area contributed by atoms with Crippen LogP contribution in [0.4, 0.5) is 0 Å². The molecule has 0 aliphatic rings. The van der Waals surface area contributed by atoms with E-state index in [0.29, 0.717) is 11.5 Å². The second kappa shape index (κ2) is 6.27. The van der Waals surface area contributed by atoms with Crippen molar-refractivity contribution in [3.63, 3.8) is 0 Å². The molecule has 0 saturated carbocycles. The number of rotatable bonds is 5. The van der Waals surface area contributed by atoms with Gasteiger partial charge in [-0.15, -0.1) is 0 Å². The maximum absolute atomic E-state index is 12.1. The first-order chi connectivity index (χ1) is 9.97. The van der Waals surface area contributed by atoms with Crippen molar-refractivity contribution >= 4 is 24.4 Å². The highest BCUT2D eigenvalue weighted by atomic mass is 32.1. The lowest BCUT2D eigenvalue weighted by Crippen LogP contribution is -2.25. The molecule has 21 heavy (non-hydrogen) atoms. The van der Waals surface area contributed by atoms with Crippen molar-refractivity contribution in [1.29, 1.82) is 0 Å². The average molecular weight is 308 g/mol. The summed E-state index contributed by atoms with van der Waals surface area (Å²) in [6.07, 6.45) is 1.14. The van der Waals surface area contributed by atoms with Crippen LogP contribution >= 0.6 is 12.2 Å². The third-order valence-electron chi connectivity index (χ3n) is 2.56. The molecule has 0 radical (unpaired) electrons. The van der Waals surface area contributed by atoms with E-state index in [0.717, 1.165) is 4.68 Å². The zero-order valence-corrected chi connectivity index (χ0v) is 11.9. The predicted octanol–water partition coefficient (Wildman–Crippen LogP) is 1.10. The molecule has 0 spiro atoms. The Labute approximate surface area is 123 Å². The summed E-state index contributed by atoms with van der Waals surface area (Å²) < 4.78 is 6.25. The highest BCUT2D eigenvalue weighted by Gasteiger charge is 2.09. The van der Waals surface area contributed by atoms with Gasteiger partial charge in [0.15, 0.2) is 0 Å². The summed E-state index contributed by atoms with van der Waals surface area (Å²) in [5, 5.41) is 18.8. The topological polar surface area (TPSA) is 113 Å². The first-order valence-corrected chi connectivity index (χ1v) is 6.41. The monoisotopic (exact) mass is 308 g/mol. The predicted molar refractivity (Wildman–Crippen MR) is 76.1 cm³/mol. The van der Waals surface area contributed by atoms with E-state index in [2.05, 4.69) is 15.3 Å². The number of carbonyl (C=O) groups is 1. The number of nitrogens with zero attached hydrogens (tertiary/aromatic N) is 3. The van der Waals surface area contributed by atoms with Crippen LogP contribution in [0, 0.1) is 11.7 Å². The first kappa shape index (κ1) is 14.9. The Hall–Kier alpha value is -2.55. The minimum Gasteiger partial charge on any atom is -0.481 e. The Bertz CT molecular complexity index is 802. The summed E-state index contributed by atoms with van der Waals surface area (Å²) in [5.74, 6) is 0.170. The number of hydrogen-bond donors (Lipinski definition) is 2. The van der Waals surface area contributed by atoms with Crippen LogP contribution in [-0.4, -0.2) is 32.2 Å². The van der Waals surface area contributed by atoms with Crippen LogP contribution in [0.2, 0.25) is 0 Å². The number of carboxylic acids is 1. The number of nitrogens with one attached hydrogen (secondary N) is 1. The Morgan fingerprint density at radius 1 is 1.62 bits per heavy atom. The van der Waals surface area contributed by atoms with Gasteiger partial charge >= 0.3 is 5.97 Å². The molecular weight excluding hydrogens is 296 g/mol. The fourth-order valence-corrected chi connectivity index (χ4v) is 1.73. The molecule has 0 amide bonds. The third-order valence-corrected chi connectivity index (χ3v) is 2.82. The number of aromatic amines is 1. The number of furan rings is 1. The van der Waals surface area contributed by atoms with Gasteiger partial charge in [0.1, 0.15) is 17.2 Å². The Balaban J connectivity index is 2.32. The molecule has 2 rings (SSSR count). The van der Waals surface area contributed by atoms with Crippen molar-refractivity contribution in [3.05, 3.63) is 44.5 Å². The van der Waals surface area contributed by atoms with Crippen molar-refractivity contribution in [2.24, 2.45) is 5.10 Å². The maximum Gasteiger partial charge on any atom is 0.303 e. The Kier molecular flexibility index (Phi) is 4.43. The second-order valence-corrected chi connectivity index (χ2v) is 4.57. The van der Waals surface area contributed by atoms with Gasteiger partial charge in [0.05, 0.1) is 12.6 Å². The first-order valence-electron chi connectivity index (χ1n) is 6.00. The molecule has 2 heterocycles. The van der Waals surface area contributed by atoms with Gasteiger partial charge in [-0.3, -0.25) is 14.7 Å². The van der Waals surface area contributed by atoms with Crippen molar-refractivity contribution in [2.75, 3.05) is 0 Å². The molecule has 0 aliphatic heterocycles. The van der Waals surface area contributed by atoms with Crippen molar-refractivity contribution in [2.45, 2.75) is 19.8 Å². The molecule has 8 nitrogen and oxygen atoms in total. The lowest BCUT2D eigenvalue weighted by Gasteiger charge is -2.01. The lowest BCUT2D eigenvalue weighted by molar-refractivity contribution is -0.136. The lowest BCUT2D eigenvalue weighted by atomic mass is 10.2. The SMILES string of the molecule is Cc1ccc(/C=N\n2c(=S)[nH]nc(CCC(=O)O)c2=O)o1. The molecule has 9 heteroatoms. The van der Waals surface area contributed by atoms with Crippen LogP contribution in [0.25, 0.3) is 0 Å². The third kappa shape index (κ3) is 3.72. The number of aryl methyl sites for hydroxylation is 2. The largest absolute Gasteiger partial charge is 0.481 e. The number of aliphatic carboxylic acids is 1. The summed E-state index contributed by atoms with van der Waals surface area (Å²) in [4.78, 5) is 22.6. The van der Waals surface area contributed by atoms with Gasteiger partial charge in [-0.2, -0.15) is 14.9 Å². The van der Waals surface area contributed by atoms with E-state index in [1.807, 2.05) is 0 Å². The van der Waals surface area contributed by atoms with Crippen LogP contribution in [0.3, 0.4) is 0 Å². The summed E-state index contributed by atoms with van der Waals surface area (Å²) in [6.45, 7) is 1.78.